The van der Waals surface area contributed by atoms with Crippen LogP contribution in [-0.4, -0.2) is 38.4 Å². The van der Waals surface area contributed by atoms with Crippen molar-refractivity contribution in [3.63, 3.8) is 0 Å². The highest BCUT2D eigenvalue weighted by Gasteiger charge is 1.99. The smallest absolute Gasteiger partial charge is 0.150 e. The van der Waals surface area contributed by atoms with Crippen molar-refractivity contribution in [2.24, 2.45) is 0 Å². The van der Waals surface area contributed by atoms with Gasteiger partial charge in [-0.3, -0.25) is 4.79 Å². The summed E-state index contributed by atoms with van der Waals surface area (Å²) in [5.41, 5.74) is 0.701. The van der Waals surface area contributed by atoms with Crippen LogP contribution in [0.4, 0.5) is 0 Å². The largest absolute Gasteiger partial charge is 0.494 e. The summed E-state index contributed by atoms with van der Waals surface area (Å²) in [5.74, 6) is 0.880. The fourth-order valence-electron chi connectivity index (χ4n) is 1.98. The molecular weight excluding hydrogens is 238 g/mol. The van der Waals surface area contributed by atoms with E-state index in [1.807, 2.05) is 36.4 Å². The van der Waals surface area contributed by atoms with Gasteiger partial charge in [0.1, 0.15) is 12.0 Å². The maximum atomic E-state index is 10.7. The van der Waals surface area contributed by atoms with Gasteiger partial charge in [0, 0.05) is 12.1 Å². The van der Waals surface area contributed by atoms with Gasteiger partial charge in [-0.25, -0.2) is 0 Å². The second kappa shape index (κ2) is 6.34. The fraction of sp³-hybridized carbons (Fsp3) is 0.312. The van der Waals surface area contributed by atoms with E-state index in [4.69, 9.17) is 4.74 Å². The molecule has 3 heteroatoms. The van der Waals surface area contributed by atoms with E-state index in [9.17, 15) is 4.79 Å². The molecule has 0 unspecified atom stereocenters. The highest BCUT2D eigenvalue weighted by molar-refractivity contribution is 5.89. The van der Waals surface area contributed by atoms with Crippen molar-refractivity contribution in [3.05, 3.63) is 42.0 Å². The first-order valence-corrected chi connectivity index (χ1v) is 6.45. The van der Waals surface area contributed by atoms with Crippen molar-refractivity contribution in [1.82, 2.24) is 4.90 Å². The van der Waals surface area contributed by atoms with Crippen molar-refractivity contribution in [3.8, 4) is 5.75 Å². The molecule has 2 aromatic carbocycles. The molecule has 0 spiro atoms. The van der Waals surface area contributed by atoms with Gasteiger partial charge in [-0.2, -0.15) is 0 Å². The van der Waals surface area contributed by atoms with Crippen LogP contribution in [0.3, 0.4) is 0 Å². The summed E-state index contributed by atoms with van der Waals surface area (Å²) in [7, 11) is 4.11. The summed E-state index contributed by atoms with van der Waals surface area (Å²) < 4.78 is 5.72. The van der Waals surface area contributed by atoms with Crippen LogP contribution in [0.1, 0.15) is 16.8 Å². The number of benzene rings is 2. The van der Waals surface area contributed by atoms with Crippen molar-refractivity contribution >= 4 is 17.1 Å². The molecule has 0 N–H and O–H groups in total. The first kappa shape index (κ1) is 13.6. The van der Waals surface area contributed by atoms with Crippen molar-refractivity contribution < 1.29 is 9.53 Å². The standard InChI is InChI=1S/C16H19NO2/c1-17(2)8-3-9-19-16-7-6-14-10-13(12-18)4-5-15(14)11-16/h4-7,10-12H,3,8-9H2,1-2H3. The molecule has 19 heavy (non-hydrogen) atoms. The molecule has 0 aliphatic carbocycles. The van der Waals surface area contributed by atoms with E-state index < -0.39 is 0 Å². The van der Waals surface area contributed by atoms with Gasteiger partial charge < -0.3 is 9.64 Å². The second-order valence-electron chi connectivity index (χ2n) is 4.89. The monoisotopic (exact) mass is 257 g/mol. The van der Waals surface area contributed by atoms with Crippen LogP contribution in [0.2, 0.25) is 0 Å². The summed E-state index contributed by atoms with van der Waals surface area (Å²) in [6, 6.07) is 11.6. The molecule has 0 aliphatic rings. The van der Waals surface area contributed by atoms with Gasteiger partial charge in [-0.05, 0) is 49.5 Å². The van der Waals surface area contributed by atoms with E-state index in [0.29, 0.717) is 5.56 Å². The number of ether oxygens (including phenoxy) is 1. The number of hydrogen-bond acceptors (Lipinski definition) is 3. The zero-order valence-electron chi connectivity index (χ0n) is 11.4. The second-order valence-corrected chi connectivity index (χ2v) is 4.89. The number of hydrogen-bond donors (Lipinski definition) is 0. The molecule has 3 nitrogen and oxygen atoms in total. The number of aldehydes is 1. The first-order chi connectivity index (χ1) is 9.19. The molecule has 0 saturated carbocycles. The topological polar surface area (TPSA) is 29.5 Å². The maximum absolute atomic E-state index is 10.7. The Hall–Kier alpha value is -1.87. The van der Waals surface area contributed by atoms with Gasteiger partial charge >= 0.3 is 0 Å². The zero-order valence-corrected chi connectivity index (χ0v) is 11.4. The molecule has 0 aromatic heterocycles. The van der Waals surface area contributed by atoms with Crippen molar-refractivity contribution in [2.75, 3.05) is 27.2 Å². The number of carbonyl (C=O) groups is 1. The molecule has 0 saturated heterocycles. The van der Waals surface area contributed by atoms with Crippen molar-refractivity contribution in [1.29, 1.82) is 0 Å². The summed E-state index contributed by atoms with van der Waals surface area (Å²) in [5, 5.41) is 2.15. The molecule has 0 fully saturated rings. The summed E-state index contributed by atoms with van der Waals surface area (Å²) >= 11 is 0. The Morgan fingerprint density at radius 1 is 1.11 bits per heavy atom. The Kier molecular flexibility index (Phi) is 4.53. The lowest BCUT2D eigenvalue weighted by molar-refractivity contribution is 0.112. The van der Waals surface area contributed by atoms with Gasteiger partial charge in [0.15, 0.2) is 0 Å². The van der Waals surface area contributed by atoms with Crippen LogP contribution in [-0.2, 0) is 0 Å². The molecular formula is C16H19NO2. The van der Waals surface area contributed by atoms with Crippen LogP contribution in [0.15, 0.2) is 36.4 Å². The Morgan fingerprint density at radius 2 is 1.84 bits per heavy atom. The normalized spacial score (nSPS) is 10.9. The molecule has 100 valence electrons. The van der Waals surface area contributed by atoms with E-state index in [1.54, 1.807) is 0 Å². The molecule has 0 amide bonds. The van der Waals surface area contributed by atoms with Crippen LogP contribution >= 0.6 is 0 Å². The lowest BCUT2D eigenvalue weighted by Gasteiger charge is -2.10. The highest BCUT2D eigenvalue weighted by Crippen LogP contribution is 2.21. The predicted molar refractivity (Wildman–Crippen MR) is 78.0 cm³/mol. The zero-order chi connectivity index (χ0) is 13.7. The minimum absolute atomic E-state index is 0.701. The Bertz CT molecular complexity index is 564. The van der Waals surface area contributed by atoms with E-state index in [1.165, 1.54) is 0 Å². The van der Waals surface area contributed by atoms with Crippen LogP contribution < -0.4 is 4.74 Å². The molecule has 0 atom stereocenters. The van der Waals surface area contributed by atoms with Gasteiger partial charge in [0.05, 0.1) is 6.61 Å². The summed E-state index contributed by atoms with van der Waals surface area (Å²) in [4.78, 5) is 12.9. The van der Waals surface area contributed by atoms with Gasteiger partial charge in [0.25, 0.3) is 0 Å². The third-order valence-corrected chi connectivity index (χ3v) is 2.99. The third-order valence-electron chi connectivity index (χ3n) is 2.99. The Labute approximate surface area is 113 Å². The third kappa shape index (κ3) is 3.80. The molecule has 0 aliphatic heterocycles. The SMILES string of the molecule is CN(C)CCCOc1ccc2cc(C=O)ccc2c1. The first-order valence-electron chi connectivity index (χ1n) is 6.45. The average Bonchev–Trinajstić information content (AvgIpc) is 2.42. The van der Waals surface area contributed by atoms with E-state index >= 15 is 0 Å². The Balaban J connectivity index is 2.03. The minimum Gasteiger partial charge on any atom is -0.494 e. The minimum atomic E-state index is 0.701. The molecule has 2 rings (SSSR count). The quantitative estimate of drug-likeness (QED) is 0.588. The van der Waals surface area contributed by atoms with Crippen LogP contribution in [0.5, 0.6) is 5.75 Å². The van der Waals surface area contributed by atoms with Crippen LogP contribution in [0, 0.1) is 0 Å². The van der Waals surface area contributed by atoms with E-state index in [-0.39, 0.29) is 0 Å². The van der Waals surface area contributed by atoms with E-state index in [0.717, 1.165) is 42.4 Å². The average molecular weight is 257 g/mol. The van der Waals surface area contributed by atoms with Gasteiger partial charge in [-0.1, -0.05) is 18.2 Å². The number of carbonyl (C=O) groups excluding carboxylic acids is 1. The lowest BCUT2D eigenvalue weighted by atomic mass is 10.1. The van der Waals surface area contributed by atoms with Crippen molar-refractivity contribution in [2.45, 2.75) is 6.42 Å². The number of fused-ring (bicyclic) bond motifs is 1. The van der Waals surface area contributed by atoms with E-state index in [2.05, 4.69) is 19.0 Å². The summed E-state index contributed by atoms with van der Waals surface area (Å²) in [6.07, 6.45) is 1.88. The van der Waals surface area contributed by atoms with Crippen LogP contribution in [0.25, 0.3) is 10.8 Å². The lowest BCUT2D eigenvalue weighted by Crippen LogP contribution is -2.15. The number of nitrogens with zero attached hydrogens (tertiary/aromatic N) is 1. The maximum Gasteiger partial charge on any atom is 0.150 e. The van der Waals surface area contributed by atoms with Gasteiger partial charge in [0.2, 0.25) is 0 Å². The molecule has 0 heterocycles. The predicted octanol–water partition coefficient (Wildman–Crippen LogP) is 2.98. The molecule has 0 radical (unpaired) electrons. The number of rotatable bonds is 6. The molecule has 2 aromatic rings. The fourth-order valence-corrected chi connectivity index (χ4v) is 1.98. The van der Waals surface area contributed by atoms with Gasteiger partial charge in [-0.15, -0.1) is 0 Å². The highest BCUT2D eigenvalue weighted by atomic mass is 16.5. The molecule has 0 bridgehead atoms. The Morgan fingerprint density at radius 3 is 2.58 bits per heavy atom. The summed E-state index contributed by atoms with van der Waals surface area (Å²) in [6.45, 7) is 1.74.